The Morgan fingerprint density at radius 3 is 0.643 bits per heavy atom. The van der Waals surface area contributed by atoms with Crippen LogP contribution in [0.5, 0.6) is 0 Å². The minimum atomic E-state index is -1.19. The molecule has 1 aliphatic carbocycles. The van der Waals surface area contributed by atoms with Crippen molar-refractivity contribution in [3.63, 3.8) is 0 Å². The summed E-state index contributed by atoms with van der Waals surface area (Å²) in [6.45, 7) is 1.80. The van der Waals surface area contributed by atoms with Crippen molar-refractivity contribution >= 4 is 0 Å². The Hall–Kier alpha value is -4.20. The second kappa shape index (κ2) is 64.8. The van der Waals surface area contributed by atoms with Crippen LogP contribution in [0.4, 0.5) is 0 Å². The van der Waals surface area contributed by atoms with Gasteiger partial charge in [-0.25, -0.2) is 42.7 Å². The van der Waals surface area contributed by atoms with Crippen LogP contribution in [0, 0.1) is 42.7 Å². The molecule has 30 nitrogen and oxygen atoms in total. The first kappa shape index (κ1) is 91.0. The van der Waals surface area contributed by atoms with Gasteiger partial charge in [0.15, 0.2) is 0 Å². The van der Waals surface area contributed by atoms with E-state index >= 15 is 0 Å². The van der Waals surface area contributed by atoms with Gasteiger partial charge in [0, 0.05) is 59.5 Å². The molecule has 0 spiro atoms. The van der Waals surface area contributed by atoms with Crippen LogP contribution >= 0.6 is 0 Å². The summed E-state index contributed by atoms with van der Waals surface area (Å²) < 4.78 is 74.4. The van der Waals surface area contributed by atoms with Gasteiger partial charge >= 0.3 is 0 Å². The fourth-order valence-electron chi connectivity index (χ4n) is 6.28. The third-order valence-electron chi connectivity index (χ3n) is 10.6. The molecule has 1 rings (SSSR count). The predicted octanol–water partition coefficient (Wildman–Crippen LogP) is -5.29. The molecule has 0 aromatic heterocycles. The smallest absolute Gasteiger partial charge is 0.105 e. The minimum Gasteiger partial charge on any atom is -0.553 e. The molecule has 0 bridgehead atoms. The molecule has 0 heterocycles. The van der Waals surface area contributed by atoms with Gasteiger partial charge in [0.05, 0.1) is 136 Å². The first-order chi connectivity index (χ1) is 38.8. The molecule has 0 aromatic carbocycles. The molecule has 1 aliphatic rings. The fourth-order valence-corrected chi connectivity index (χ4v) is 6.28. The average Bonchev–Trinajstić information content (AvgIpc) is 3.53. The summed E-state index contributed by atoms with van der Waals surface area (Å²) in [5.41, 5.74) is 0. The largest absolute Gasteiger partial charge is 0.553 e. The zero-order valence-corrected chi connectivity index (χ0v) is 68.3. The number of hydrogen-bond donors (Lipinski definition) is 15. The summed E-state index contributed by atoms with van der Waals surface area (Å²) in [4.78, 5) is 0. The van der Waals surface area contributed by atoms with E-state index in [9.17, 15) is 61.3 Å². The van der Waals surface area contributed by atoms with Crippen molar-refractivity contribution in [2.45, 2.75) is 130 Å². The van der Waals surface area contributed by atoms with E-state index in [1.165, 1.54) is 0 Å². The Morgan fingerprint density at radius 2 is 0.452 bits per heavy atom. The first-order valence-electron chi connectivity index (χ1n) is 26.3. The van der Waals surface area contributed by atoms with Crippen molar-refractivity contribution in [1.82, 2.24) is 0 Å². The number of aliphatic hydroxyl groups excluding tert-OH is 15. The maximum atomic E-state index is 9.99. The van der Waals surface area contributed by atoms with E-state index < -0.39 is 91.6 Å². The molecule has 0 aliphatic heterocycles. The Kier molecular flexibility index (Phi) is 70.2. The van der Waals surface area contributed by atoms with E-state index in [0.29, 0.717) is 58.3 Å². The normalized spacial score (nSPS) is 19.2. The monoisotopic (exact) mass is 2000 g/mol. The molecule has 0 saturated heterocycles. The van der Waals surface area contributed by atoms with E-state index in [1.54, 1.807) is 0 Å². The molecule has 12 atom stereocenters. The summed E-state index contributed by atoms with van der Waals surface area (Å²) in [5.74, 6) is 0. The van der Waals surface area contributed by atoms with Crippen molar-refractivity contribution in [1.29, 1.82) is 0 Å². The van der Waals surface area contributed by atoms with E-state index in [0.717, 1.165) is 0 Å². The van der Waals surface area contributed by atoms with Crippen molar-refractivity contribution < 1.29 is 148 Å². The molecular formula is C51H102O30Rf3-6. The van der Waals surface area contributed by atoms with Gasteiger partial charge in [0.2, 0.25) is 0 Å². The first-order valence-corrected chi connectivity index (χ1v) is 26.3. The third kappa shape index (κ3) is 58.2. The molecule has 0 aromatic rings. The maximum Gasteiger partial charge on any atom is 0.105 e. The van der Waals surface area contributed by atoms with Gasteiger partial charge in [-0.05, 0) is 38.5 Å². The molecule has 15 N–H and O–H groups in total. The zero-order chi connectivity index (χ0) is 61.5. The molecular weight excluding hydrogens is 1890 g/mol. The molecule has 84 heavy (non-hydrogen) atoms. The minimum absolute atomic E-state index is 0. The van der Waals surface area contributed by atoms with Gasteiger partial charge in [-0.2, -0.15) is 0 Å². The second-order valence-electron chi connectivity index (χ2n) is 18.1. The van der Waals surface area contributed by atoms with Crippen LogP contribution in [-0.4, -0.2) is 327 Å². The van der Waals surface area contributed by atoms with Crippen molar-refractivity contribution in [3.8, 4) is 0 Å². The van der Waals surface area contributed by atoms with E-state index in [-0.39, 0.29) is 139 Å². The summed E-state index contributed by atoms with van der Waals surface area (Å²) in [6.07, 6.45) is -9.75. The van der Waals surface area contributed by atoms with E-state index in [1.807, 2.05) is 0 Å². The number of ether oxygens (including phenoxy) is 15. The molecule has 33 heteroatoms. The van der Waals surface area contributed by atoms with E-state index in [4.69, 9.17) is 58.0 Å². The molecule has 1 fully saturated rings. The number of aliphatic hydroxyl groups is 15. The Balaban J connectivity index is -0.000000255. The Bertz CT molecular complexity index is 1120. The van der Waals surface area contributed by atoms with Crippen molar-refractivity contribution in [2.24, 2.45) is 0 Å². The van der Waals surface area contributed by atoms with Crippen LogP contribution in [-0.2, 0) is 71.1 Å². The molecule has 0 radical (unpaired) electrons. The van der Waals surface area contributed by atoms with Crippen LogP contribution < -0.4 is 0 Å². The number of hydrogen-bond acceptors (Lipinski definition) is 30. The topological polar surface area (TPSA) is 442 Å². The SMILES string of the molecule is [CH2-]OCC(O)C(O)COC1CC(OCC(O)C(O)CO[CH2-])CC(OCC(O)C(O)CO[CH2-])C1.[CH2-]OCC(O)CCOCC(O)COCCO.[CH2-]OCC(O)CCOCC(O)COCCO.[CH2-]OCC(O)CCOCC(O)COCCO.[Rf].[Rf].[Rf]. The average molecular weight is 2000 g/mol. The zero-order valence-electron chi connectivity index (χ0n) is 49.1. The van der Waals surface area contributed by atoms with Crippen LogP contribution in [0.15, 0.2) is 0 Å². The predicted molar refractivity (Wildman–Crippen MR) is 283 cm³/mol. The second-order valence-corrected chi connectivity index (χ2v) is 18.1. The molecule has 12 unspecified atom stereocenters. The summed E-state index contributed by atoms with van der Waals surface area (Å²) >= 11 is 0. The van der Waals surface area contributed by atoms with Crippen molar-refractivity contribution in [2.75, 3.05) is 159 Å². The van der Waals surface area contributed by atoms with Crippen LogP contribution in [0.3, 0.4) is 0 Å². The van der Waals surface area contributed by atoms with Gasteiger partial charge in [0.25, 0.3) is 0 Å². The molecule has 0 amide bonds. The summed E-state index contributed by atoms with van der Waals surface area (Å²) in [5, 5.41) is 140. The van der Waals surface area contributed by atoms with Crippen LogP contribution in [0.25, 0.3) is 0 Å². The standard InChI is InChI=1S/C21H39O12.3C10H21O6.3Rf/c1-28-7-16(22)19(25)10-31-13-4-14(32-11-20(26)17(23)8-29-2)6-15(5-13)33-12-21(27)18(24)9-30-3;3*1-14-6-9(12)2-4-15-7-10(13)8-16-5-3-11;;;/h13-27H,1-12H2;3*9-13H,1-8H2;;;/q-3;3*-1;;;. The van der Waals surface area contributed by atoms with Gasteiger partial charge in [-0.15, -0.1) is 0 Å². The Morgan fingerprint density at radius 1 is 0.262 bits per heavy atom. The van der Waals surface area contributed by atoms with Gasteiger partial charge in [-0.1, -0.05) is 0 Å². The van der Waals surface area contributed by atoms with Crippen molar-refractivity contribution in [3.05, 3.63) is 42.7 Å². The maximum absolute atomic E-state index is 9.99. The summed E-state index contributed by atoms with van der Waals surface area (Å²) in [6, 6.07) is 0. The van der Waals surface area contributed by atoms with E-state index in [2.05, 4.69) is 71.1 Å². The summed E-state index contributed by atoms with van der Waals surface area (Å²) in [7, 11) is 18.9. The quantitative estimate of drug-likeness (QED) is 0.0200. The number of rotatable bonds is 51. The van der Waals surface area contributed by atoms with Crippen LogP contribution in [0.2, 0.25) is 0 Å². The fraction of sp³-hybridized carbons (Fsp3) is 0.882. The van der Waals surface area contributed by atoms with Gasteiger partial charge in [-0.3, -0.25) is 0 Å². The Labute approximate surface area is 478 Å². The van der Waals surface area contributed by atoms with Gasteiger partial charge in [0.1, 0.15) is 54.9 Å². The van der Waals surface area contributed by atoms with Crippen LogP contribution in [0.1, 0.15) is 38.5 Å². The molecule has 498 valence electrons. The third-order valence-corrected chi connectivity index (χ3v) is 10.6. The molecule has 1 saturated carbocycles. The van der Waals surface area contributed by atoms with Gasteiger partial charge < -0.3 is 148 Å².